The quantitative estimate of drug-likeness (QED) is 0.438. The SMILES string of the molecule is O=C1C2CN(Cc3ccc(-c4ccccc4)cc3)CCN2C(=O)CN1Cc1ccc2ccccc2n1. The molecule has 1 aromatic heterocycles. The molecule has 0 saturated carbocycles. The normalized spacial score (nSPS) is 18.5. The van der Waals surface area contributed by atoms with Gasteiger partial charge < -0.3 is 9.80 Å². The van der Waals surface area contributed by atoms with Crippen molar-refractivity contribution in [1.29, 1.82) is 0 Å². The molecule has 2 aliphatic rings. The van der Waals surface area contributed by atoms with E-state index in [-0.39, 0.29) is 18.4 Å². The molecule has 180 valence electrons. The first kappa shape index (κ1) is 22.4. The predicted octanol–water partition coefficient (Wildman–Crippen LogP) is 3.96. The number of pyridine rings is 1. The lowest BCUT2D eigenvalue weighted by Crippen LogP contribution is -2.66. The zero-order chi connectivity index (χ0) is 24.5. The molecule has 1 atom stereocenters. The Morgan fingerprint density at radius 1 is 0.750 bits per heavy atom. The summed E-state index contributed by atoms with van der Waals surface area (Å²) in [7, 11) is 0. The van der Waals surface area contributed by atoms with E-state index in [4.69, 9.17) is 4.98 Å². The highest BCUT2D eigenvalue weighted by Gasteiger charge is 2.42. The molecule has 2 fully saturated rings. The van der Waals surface area contributed by atoms with Crippen LogP contribution in [0.25, 0.3) is 22.0 Å². The average molecular weight is 477 g/mol. The van der Waals surface area contributed by atoms with Crippen molar-refractivity contribution < 1.29 is 9.59 Å². The standard InChI is InChI=1S/C30H28N4O2/c35-29-21-33(19-26-15-14-25-8-4-5-9-27(25)31-26)30(36)28-20-32(16-17-34(28)29)18-22-10-12-24(13-11-22)23-6-2-1-3-7-23/h1-15,28H,16-21H2. The van der Waals surface area contributed by atoms with Gasteiger partial charge in [-0.25, -0.2) is 0 Å². The molecule has 3 aromatic carbocycles. The fourth-order valence-corrected chi connectivity index (χ4v) is 5.25. The Morgan fingerprint density at radius 2 is 1.50 bits per heavy atom. The van der Waals surface area contributed by atoms with Gasteiger partial charge in [-0.15, -0.1) is 0 Å². The van der Waals surface area contributed by atoms with Crippen molar-refractivity contribution in [2.75, 3.05) is 26.2 Å². The Bertz CT molecular complexity index is 1400. The number of hydrogen-bond acceptors (Lipinski definition) is 4. The fourth-order valence-electron chi connectivity index (χ4n) is 5.25. The van der Waals surface area contributed by atoms with E-state index in [2.05, 4.69) is 41.3 Å². The van der Waals surface area contributed by atoms with Crippen molar-refractivity contribution in [2.45, 2.75) is 19.1 Å². The highest BCUT2D eigenvalue weighted by molar-refractivity contribution is 5.95. The Kier molecular flexibility index (Phi) is 5.95. The summed E-state index contributed by atoms with van der Waals surface area (Å²) in [6, 6.07) is 30.4. The molecule has 6 nitrogen and oxygen atoms in total. The minimum absolute atomic E-state index is 0.00804. The lowest BCUT2D eigenvalue weighted by atomic mass is 10.0. The molecule has 6 rings (SSSR count). The van der Waals surface area contributed by atoms with Crippen LogP contribution in [-0.4, -0.2) is 63.7 Å². The molecule has 36 heavy (non-hydrogen) atoms. The Morgan fingerprint density at radius 3 is 2.33 bits per heavy atom. The highest BCUT2D eigenvalue weighted by atomic mass is 16.2. The van der Waals surface area contributed by atoms with Crippen LogP contribution in [0.1, 0.15) is 11.3 Å². The summed E-state index contributed by atoms with van der Waals surface area (Å²) in [4.78, 5) is 36.8. The van der Waals surface area contributed by atoms with Crippen molar-refractivity contribution in [2.24, 2.45) is 0 Å². The van der Waals surface area contributed by atoms with Gasteiger partial charge in [0.1, 0.15) is 12.6 Å². The Labute approximate surface area is 210 Å². The number of para-hydroxylation sites is 1. The van der Waals surface area contributed by atoms with Gasteiger partial charge in [-0.3, -0.25) is 19.5 Å². The Hall–Kier alpha value is -4.03. The maximum Gasteiger partial charge on any atom is 0.247 e. The fraction of sp³-hybridized carbons (Fsp3) is 0.233. The molecule has 0 N–H and O–H groups in total. The summed E-state index contributed by atoms with van der Waals surface area (Å²) in [5, 5.41) is 1.06. The molecule has 0 aliphatic carbocycles. The van der Waals surface area contributed by atoms with Crippen LogP contribution in [0.15, 0.2) is 91.0 Å². The number of aromatic nitrogens is 1. The third kappa shape index (κ3) is 4.48. The first-order valence-electron chi connectivity index (χ1n) is 12.4. The zero-order valence-electron chi connectivity index (χ0n) is 20.1. The summed E-state index contributed by atoms with van der Waals surface area (Å²) in [6.45, 7) is 3.12. The predicted molar refractivity (Wildman–Crippen MR) is 140 cm³/mol. The molecule has 3 heterocycles. The number of nitrogens with zero attached hydrogens (tertiary/aromatic N) is 4. The largest absolute Gasteiger partial charge is 0.327 e. The van der Waals surface area contributed by atoms with Crippen molar-refractivity contribution >= 4 is 22.7 Å². The minimum Gasteiger partial charge on any atom is -0.327 e. The number of piperazine rings is 2. The summed E-state index contributed by atoms with van der Waals surface area (Å²) in [6.07, 6.45) is 0. The molecule has 0 radical (unpaired) electrons. The first-order valence-corrected chi connectivity index (χ1v) is 12.4. The van der Waals surface area contributed by atoms with Gasteiger partial charge in [-0.1, -0.05) is 78.9 Å². The number of amides is 2. The molecule has 1 unspecified atom stereocenters. The zero-order valence-corrected chi connectivity index (χ0v) is 20.1. The van der Waals surface area contributed by atoms with Gasteiger partial charge in [0.15, 0.2) is 0 Å². The molecule has 6 heteroatoms. The number of rotatable bonds is 5. The van der Waals surface area contributed by atoms with Crippen molar-refractivity contribution in [3.8, 4) is 11.1 Å². The molecular weight excluding hydrogens is 448 g/mol. The van der Waals surface area contributed by atoms with E-state index in [1.165, 1.54) is 16.7 Å². The van der Waals surface area contributed by atoms with Crippen LogP contribution in [0.5, 0.6) is 0 Å². The summed E-state index contributed by atoms with van der Waals surface area (Å²) >= 11 is 0. The summed E-state index contributed by atoms with van der Waals surface area (Å²) in [5.74, 6) is 0.0286. The monoisotopic (exact) mass is 476 g/mol. The van der Waals surface area contributed by atoms with E-state index in [0.29, 0.717) is 19.6 Å². The van der Waals surface area contributed by atoms with Crippen LogP contribution in [0.3, 0.4) is 0 Å². The van der Waals surface area contributed by atoms with Crippen LogP contribution in [0.4, 0.5) is 0 Å². The first-order chi connectivity index (χ1) is 17.6. The van der Waals surface area contributed by atoms with E-state index >= 15 is 0 Å². The van der Waals surface area contributed by atoms with Crippen LogP contribution >= 0.6 is 0 Å². The smallest absolute Gasteiger partial charge is 0.247 e. The second kappa shape index (κ2) is 9.55. The van der Waals surface area contributed by atoms with Gasteiger partial charge in [-0.2, -0.15) is 0 Å². The van der Waals surface area contributed by atoms with Crippen molar-refractivity contribution in [3.63, 3.8) is 0 Å². The van der Waals surface area contributed by atoms with Crippen LogP contribution < -0.4 is 0 Å². The van der Waals surface area contributed by atoms with E-state index in [9.17, 15) is 9.59 Å². The van der Waals surface area contributed by atoms with Crippen LogP contribution in [0.2, 0.25) is 0 Å². The number of benzene rings is 3. The van der Waals surface area contributed by atoms with E-state index in [0.717, 1.165) is 29.7 Å². The number of carbonyl (C=O) groups excluding carboxylic acids is 2. The summed E-state index contributed by atoms with van der Waals surface area (Å²) < 4.78 is 0. The highest BCUT2D eigenvalue weighted by Crippen LogP contribution is 2.23. The van der Waals surface area contributed by atoms with Gasteiger partial charge in [-0.05, 0) is 28.8 Å². The van der Waals surface area contributed by atoms with Gasteiger partial charge in [0.25, 0.3) is 0 Å². The summed E-state index contributed by atoms with van der Waals surface area (Å²) in [5.41, 5.74) is 5.29. The van der Waals surface area contributed by atoms with E-state index in [1.807, 2.05) is 54.6 Å². The second-order valence-electron chi connectivity index (χ2n) is 9.59. The van der Waals surface area contributed by atoms with Crippen molar-refractivity contribution in [3.05, 3.63) is 102 Å². The second-order valence-corrected chi connectivity index (χ2v) is 9.59. The van der Waals surface area contributed by atoms with Gasteiger partial charge >= 0.3 is 0 Å². The van der Waals surface area contributed by atoms with Crippen LogP contribution in [-0.2, 0) is 22.7 Å². The number of carbonyl (C=O) groups is 2. The van der Waals surface area contributed by atoms with Crippen molar-refractivity contribution in [1.82, 2.24) is 19.7 Å². The minimum atomic E-state index is -0.441. The van der Waals surface area contributed by atoms with Gasteiger partial charge in [0, 0.05) is 31.6 Å². The van der Waals surface area contributed by atoms with Gasteiger partial charge in [0.2, 0.25) is 11.8 Å². The van der Waals surface area contributed by atoms with E-state index < -0.39 is 6.04 Å². The average Bonchev–Trinajstić information content (AvgIpc) is 2.92. The molecule has 0 spiro atoms. The maximum atomic E-state index is 13.5. The Balaban J connectivity index is 1.14. The molecule has 2 amide bonds. The lowest BCUT2D eigenvalue weighted by molar-refractivity contribution is -0.160. The van der Waals surface area contributed by atoms with Gasteiger partial charge in [0.05, 0.1) is 17.8 Å². The van der Waals surface area contributed by atoms with E-state index in [1.54, 1.807) is 9.80 Å². The molecule has 0 bridgehead atoms. The third-order valence-corrected chi connectivity index (χ3v) is 7.18. The lowest BCUT2D eigenvalue weighted by Gasteiger charge is -2.46. The molecule has 2 saturated heterocycles. The molecule has 4 aromatic rings. The van der Waals surface area contributed by atoms with Crippen LogP contribution in [0, 0.1) is 0 Å². The topological polar surface area (TPSA) is 56.8 Å². The number of fused-ring (bicyclic) bond motifs is 2. The number of hydrogen-bond donors (Lipinski definition) is 0. The third-order valence-electron chi connectivity index (χ3n) is 7.18. The maximum absolute atomic E-state index is 13.5. The molecule has 2 aliphatic heterocycles. The molecular formula is C30H28N4O2.